The molecule has 1 atom stereocenters. The van der Waals surface area contributed by atoms with Crippen molar-refractivity contribution in [1.29, 1.82) is 0 Å². The van der Waals surface area contributed by atoms with E-state index in [2.05, 4.69) is 27.6 Å². The largest absolute Gasteiger partial charge is 0.374 e. The highest BCUT2D eigenvalue weighted by atomic mass is 32.2. The van der Waals surface area contributed by atoms with Gasteiger partial charge < -0.3 is 11.1 Å². The number of aromatic nitrogens is 2. The predicted octanol–water partition coefficient (Wildman–Crippen LogP) is 2.48. The van der Waals surface area contributed by atoms with E-state index in [1.807, 2.05) is 18.2 Å². The third kappa shape index (κ3) is 3.95. The van der Waals surface area contributed by atoms with Gasteiger partial charge in [-0.25, -0.2) is 0 Å². The molecule has 21 heavy (non-hydrogen) atoms. The molecule has 0 saturated heterocycles. The maximum absolute atomic E-state index is 12.1. The van der Waals surface area contributed by atoms with Gasteiger partial charge in [-0.2, -0.15) is 0 Å². The minimum absolute atomic E-state index is 0.0227. The molecule has 1 aromatic carbocycles. The molecule has 1 heterocycles. The van der Waals surface area contributed by atoms with Gasteiger partial charge in [-0.05, 0) is 24.3 Å². The van der Waals surface area contributed by atoms with Crippen LogP contribution < -0.4 is 11.1 Å². The second-order valence-electron chi connectivity index (χ2n) is 4.99. The quantitative estimate of drug-likeness (QED) is 0.799. The molecule has 5 nitrogen and oxygen atoms in total. The highest BCUT2D eigenvalue weighted by molar-refractivity contribution is 8.01. The number of benzene rings is 1. The maximum Gasteiger partial charge on any atom is 0.230 e. The summed E-state index contributed by atoms with van der Waals surface area (Å²) in [4.78, 5) is 12.1. The van der Waals surface area contributed by atoms with Gasteiger partial charge in [-0.1, -0.05) is 53.4 Å². The molecule has 110 valence electrons. The monoisotopic (exact) mass is 320 g/mol. The van der Waals surface area contributed by atoms with E-state index in [4.69, 9.17) is 5.73 Å². The fourth-order valence-electron chi connectivity index (χ4n) is 2.18. The number of nitrogens with one attached hydrogen (secondary N) is 1. The highest BCUT2D eigenvalue weighted by Gasteiger charge is 2.33. The van der Waals surface area contributed by atoms with E-state index in [9.17, 15) is 4.79 Å². The SMILES string of the molecule is Nc1nnc(SCC(=O)NC(c2ccccc2)C2CC2)s1. The third-order valence-electron chi connectivity index (χ3n) is 3.32. The van der Waals surface area contributed by atoms with Crippen LogP contribution in [-0.4, -0.2) is 21.9 Å². The van der Waals surface area contributed by atoms with Crippen LogP contribution in [-0.2, 0) is 4.79 Å². The lowest BCUT2D eigenvalue weighted by Gasteiger charge is -2.18. The van der Waals surface area contributed by atoms with Crippen LogP contribution in [0.15, 0.2) is 34.7 Å². The van der Waals surface area contributed by atoms with E-state index in [-0.39, 0.29) is 11.9 Å². The molecule has 2 aromatic rings. The second-order valence-corrected chi connectivity index (χ2v) is 7.22. The molecule has 1 unspecified atom stereocenters. The molecule has 1 aromatic heterocycles. The number of thioether (sulfide) groups is 1. The van der Waals surface area contributed by atoms with Crippen LogP contribution in [0.4, 0.5) is 5.13 Å². The lowest BCUT2D eigenvalue weighted by atomic mass is 10.0. The summed E-state index contributed by atoms with van der Waals surface area (Å²) in [5.74, 6) is 0.929. The van der Waals surface area contributed by atoms with Gasteiger partial charge in [0.15, 0.2) is 4.34 Å². The highest BCUT2D eigenvalue weighted by Crippen LogP contribution is 2.41. The van der Waals surface area contributed by atoms with E-state index in [1.54, 1.807) is 0 Å². The van der Waals surface area contributed by atoms with Crippen molar-refractivity contribution in [3.63, 3.8) is 0 Å². The zero-order valence-corrected chi connectivity index (χ0v) is 13.0. The average molecular weight is 320 g/mol. The van der Waals surface area contributed by atoms with Gasteiger partial charge in [-0.15, -0.1) is 10.2 Å². The lowest BCUT2D eigenvalue weighted by molar-refractivity contribution is -0.119. The molecule has 3 N–H and O–H groups in total. The van der Waals surface area contributed by atoms with Crippen LogP contribution in [0, 0.1) is 5.92 Å². The number of hydrogen-bond donors (Lipinski definition) is 2. The summed E-state index contributed by atoms with van der Waals surface area (Å²) in [7, 11) is 0. The fourth-order valence-corrected chi connectivity index (χ4v) is 3.63. The minimum atomic E-state index is 0.0227. The zero-order valence-electron chi connectivity index (χ0n) is 11.4. The number of amides is 1. The number of nitrogens with zero attached hydrogens (tertiary/aromatic N) is 2. The van der Waals surface area contributed by atoms with Crippen LogP contribution in [0.1, 0.15) is 24.4 Å². The topological polar surface area (TPSA) is 80.9 Å². The second kappa shape index (κ2) is 6.44. The average Bonchev–Trinajstić information content (AvgIpc) is 3.26. The minimum Gasteiger partial charge on any atom is -0.374 e. The molecule has 0 bridgehead atoms. The summed E-state index contributed by atoms with van der Waals surface area (Å²) in [6.07, 6.45) is 2.36. The first-order valence-electron chi connectivity index (χ1n) is 6.78. The van der Waals surface area contributed by atoms with Gasteiger partial charge in [0.25, 0.3) is 0 Å². The molecule has 1 saturated carbocycles. The molecule has 3 rings (SSSR count). The molecule has 0 radical (unpaired) electrons. The van der Waals surface area contributed by atoms with Crippen molar-refractivity contribution < 1.29 is 4.79 Å². The summed E-state index contributed by atoms with van der Waals surface area (Å²) in [6.45, 7) is 0. The smallest absolute Gasteiger partial charge is 0.230 e. The Kier molecular flexibility index (Phi) is 4.40. The van der Waals surface area contributed by atoms with Gasteiger partial charge in [0.1, 0.15) is 0 Å². The van der Waals surface area contributed by atoms with Crippen molar-refractivity contribution in [2.24, 2.45) is 5.92 Å². The zero-order chi connectivity index (χ0) is 14.7. The summed E-state index contributed by atoms with van der Waals surface area (Å²) in [5, 5.41) is 11.2. The Bertz CT molecular complexity index is 612. The van der Waals surface area contributed by atoms with Crippen molar-refractivity contribution in [3.05, 3.63) is 35.9 Å². The molecular weight excluding hydrogens is 304 g/mol. The van der Waals surface area contributed by atoms with Crippen molar-refractivity contribution in [2.75, 3.05) is 11.5 Å². The number of carbonyl (C=O) groups is 1. The number of nitrogens with two attached hydrogens (primary N) is 1. The summed E-state index contributed by atoms with van der Waals surface area (Å²) in [5.41, 5.74) is 6.70. The van der Waals surface area contributed by atoms with Crippen molar-refractivity contribution >= 4 is 34.1 Å². The van der Waals surface area contributed by atoms with Gasteiger partial charge in [0.05, 0.1) is 11.8 Å². The Labute approximate surface area is 131 Å². The first-order chi connectivity index (χ1) is 10.2. The first kappa shape index (κ1) is 14.3. The lowest BCUT2D eigenvalue weighted by Crippen LogP contribution is -2.31. The Morgan fingerprint density at radius 1 is 1.38 bits per heavy atom. The van der Waals surface area contributed by atoms with Gasteiger partial charge >= 0.3 is 0 Å². The normalized spacial score (nSPS) is 15.6. The molecule has 1 aliphatic carbocycles. The number of rotatable bonds is 6. The van der Waals surface area contributed by atoms with E-state index in [0.29, 0.717) is 16.8 Å². The number of hydrogen-bond acceptors (Lipinski definition) is 6. The Hall–Kier alpha value is -1.60. The van der Waals surface area contributed by atoms with Crippen molar-refractivity contribution in [2.45, 2.75) is 23.2 Å². The van der Waals surface area contributed by atoms with Crippen LogP contribution in [0.3, 0.4) is 0 Å². The first-order valence-corrected chi connectivity index (χ1v) is 8.58. The van der Waals surface area contributed by atoms with Gasteiger partial charge in [0, 0.05) is 0 Å². The number of nitrogen functional groups attached to an aromatic ring is 1. The maximum atomic E-state index is 12.1. The number of carbonyl (C=O) groups excluding carboxylic acids is 1. The van der Waals surface area contributed by atoms with Gasteiger partial charge in [-0.3, -0.25) is 4.79 Å². The van der Waals surface area contributed by atoms with Crippen LogP contribution in [0.2, 0.25) is 0 Å². The van der Waals surface area contributed by atoms with Crippen LogP contribution in [0.5, 0.6) is 0 Å². The molecule has 7 heteroatoms. The van der Waals surface area contributed by atoms with Gasteiger partial charge in [0.2, 0.25) is 11.0 Å². The molecule has 1 amide bonds. The molecular formula is C14H16N4OS2. The predicted molar refractivity (Wildman–Crippen MR) is 85.1 cm³/mol. The Balaban J connectivity index is 1.57. The summed E-state index contributed by atoms with van der Waals surface area (Å²) < 4.78 is 0.727. The fraction of sp³-hybridized carbons (Fsp3) is 0.357. The Morgan fingerprint density at radius 3 is 2.76 bits per heavy atom. The molecule has 0 aliphatic heterocycles. The van der Waals surface area contributed by atoms with Crippen molar-refractivity contribution in [1.82, 2.24) is 15.5 Å². The van der Waals surface area contributed by atoms with E-state index in [1.165, 1.54) is 41.5 Å². The number of anilines is 1. The molecule has 0 spiro atoms. The van der Waals surface area contributed by atoms with E-state index >= 15 is 0 Å². The van der Waals surface area contributed by atoms with Crippen LogP contribution in [0.25, 0.3) is 0 Å². The molecule has 1 aliphatic rings. The van der Waals surface area contributed by atoms with Crippen molar-refractivity contribution in [3.8, 4) is 0 Å². The summed E-state index contributed by atoms with van der Waals surface area (Å²) in [6, 6.07) is 10.3. The standard InChI is InChI=1S/C14H16N4OS2/c15-13-17-18-14(21-13)20-8-11(19)16-12(10-6-7-10)9-4-2-1-3-5-9/h1-5,10,12H,6-8H2,(H2,15,17)(H,16,19). The summed E-state index contributed by atoms with van der Waals surface area (Å²) >= 11 is 2.67. The third-order valence-corrected chi connectivity index (χ3v) is 5.20. The van der Waals surface area contributed by atoms with E-state index < -0.39 is 0 Å². The Morgan fingerprint density at radius 2 is 2.14 bits per heavy atom. The van der Waals surface area contributed by atoms with Crippen LogP contribution >= 0.6 is 23.1 Å². The van der Waals surface area contributed by atoms with E-state index in [0.717, 1.165) is 4.34 Å². The molecule has 1 fully saturated rings.